The molecule has 1 saturated heterocycles. The molecule has 1 aliphatic heterocycles. The second kappa shape index (κ2) is 5.33. The monoisotopic (exact) mass is 283 g/mol. The summed E-state index contributed by atoms with van der Waals surface area (Å²) in [5.74, 6) is 2.05. The number of aromatic nitrogens is 2. The smallest absolute Gasteiger partial charge is 0.226 e. The van der Waals surface area contributed by atoms with E-state index in [1.54, 1.807) is 6.26 Å². The number of para-hydroxylation sites is 1. The van der Waals surface area contributed by atoms with Crippen LogP contribution in [0.3, 0.4) is 0 Å². The van der Waals surface area contributed by atoms with Crippen molar-refractivity contribution in [2.45, 2.75) is 19.3 Å². The molecule has 0 radical (unpaired) electrons. The summed E-state index contributed by atoms with van der Waals surface area (Å²) in [5.41, 5.74) is 1.74. The molecular weight excluding hydrogens is 266 g/mol. The van der Waals surface area contributed by atoms with Crippen LogP contribution in [0.2, 0.25) is 0 Å². The van der Waals surface area contributed by atoms with Crippen LogP contribution in [0.25, 0.3) is 22.4 Å². The molecule has 3 aromatic rings. The highest BCUT2D eigenvalue weighted by atomic mass is 16.5. The van der Waals surface area contributed by atoms with Gasteiger partial charge in [-0.1, -0.05) is 23.4 Å². The third kappa shape index (κ3) is 2.45. The molecule has 1 aliphatic rings. The first-order valence-electron chi connectivity index (χ1n) is 7.40. The molecule has 0 aliphatic carbocycles. The Morgan fingerprint density at radius 1 is 1.29 bits per heavy atom. The highest BCUT2D eigenvalue weighted by molar-refractivity contribution is 5.91. The average Bonchev–Trinajstić information content (AvgIpc) is 3.25. The lowest BCUT2D eigenvalue weighted by molar-refractivity contribution is 0.365. The van der Waals surface area contributed by atoms with Gasteiger partial charge in [0.2, 0.25) is 11.7 Å². The first-order valence-corrected chi connectivity index (χ1v) is 7.40. The zero-order valence-electron chi connectivity index (χ0n) is 11.7. The van der Waals surface area contributed by atoms with E-state index in [-0.39, 0.29) is 0 Å². The molecule has 21 heavy (non-hydrogen) atoms. The summed E-state index contributed by atoms with van der Waals surface area (Å²) in [6, 6.07) is 7.88. The predicted molar refractivity (Wildman–Crippen MR) is 78.8 cm³/mol. The van der Waals surface area contributed by atoms with Crippen LogP contribution in [0.1, 0.15) is 18.7 Å². The van der Waals surface area contributed by atoms with E-state index in [4.69, 9.17) is 8.94 Å². The number of rotatable bonds is 4. The molecular formula is C16H17N3O2. The summed E-state index contributed by atoms with van der Waals surface area (Å²) in [4.78, 5) is 4.51. The molecule has 0 bridgehead atoms. The molecule has 1 unspecified atom stereocenters. The SMILES string of the molecule is c1ccc2c(-c3noc(CCC4CCNC4)n3)coc2c1. The van der Waals surface area contributed by atoms with E-state index < -0.39 is 0 Å². The van der Waals surface area contributed by atoms with Crippen LogP contribution in [-0.2, 0) is 6.42 Å². The minimum Gasteiger partial charge on any atom is -0.464 e. The van der Waals surface area contributed by atoms with Crippen LogP contribution in [0.15, 0.2) is 39.5 Å². The number of furan rings is 1. The number of benzene rings is 1. The van der Waals surface area contributed by atoms with E-state index in [0.717, 1.165) is 48.4 Å². The average molecular weight is 283 g/mol. The van der Waals surface area contributed by atoms with Gasteiger partial charge in [-0.15, -0.1) is 0 Å². The number of nitrogens with zero attached hydrogens (tertiary/aromatic N) is 2. The maximum absolute atomic E-state index is 5.52. The maximum Gasteiger partial charge on any atom is 0.226 e. The van der Waals surface area contributed by atoms with Crippen molar-refractivity contribution >= 4 is 11.0 Å². The number of hydrogen-bond donors (Lipinski definition) is 1. The van der Waals surface area contributed by atoms with Crippen molar-refractivity contribution in [1.29, 1.82) is 0 Å². The number of fused-ring (bicyclic) bond motifs is 1. The van der Waals surface area contributed by atoms with Crippen molar-refractivity contribution in [2.24, 2.45) is 5.92 Å². The quantitative estimate of drug-likeness (QED) is 0.797. The molecule has 3 heterocycles. The molecule has 4 rings (SSSR count). The normalized spacial score (nSPS) is 18.6. The van der Waals surface area contributed by atoms with E-state index in [1.807, 2.05) is 24.3 Å². The van der Waals surface area contributed by atoms with Gasteiger partial charge in [-0.3, -0.25) is 0 Å². The Morgan fingerprint density at radius 3 is 3.14 bits per heavy atom. The summed E-state index contributed by atoms with van der Waals surface area (Å²) >= 11 is 0. The van der Waals surface area contributed by atoms with Gasteiger partial charge in [0.15, 0.2) is 0 Å². The van der Waals surface area contributed by atoms with Crippen LogP contribution in [0, 0.1) is 5.92 Å². The van der Waals surface area contributed by atoms with E-state index >= 15 is 0 Å². The fourth-order valence-electron chi connectivity index (χ4n) is 2.91. The lowest BCUT2D eigenvalue weighted by Crippen LogP contribution is -2.09. The molecule has 1 fully saturated rings. The van der Waals surface area contributed by atoms with Crippen molar-refractivity contribution in [3.8, 4) is 11.4 Å². The van der Waals surface area contributed by atoms with Crippen molar-refractivity contribution < 1.29 is 8.94 Å². The van der Waals surface area contributed by atoms with E-state index in [2.05, 4.69) is 15.5 Å². The molecule has 1 N–H and O–H groups in total. The summed E-state index contributed by atoms with van der Waals surface area (Å²) in [7, 11) is 0. The van der Waals surface area contributed by atoms with Gasteiger partial charge in [0.1, 0.15) is 11.8 Å². The molecule has 0 amide bonds. The highest BCUT2D eigenvalue weighted by Crippen LogP contribution is 2.28. The Kier molecular flexibility index (Phi) is 3.20. The van der Waals surface area contributed by atoms with Gasteiger partial charge in [-0.05, 0) is 37.9 Å². The minimum atomic E-state index is 0.611. The standard InChI is InChI=1S/C16H17N3O2/c1-2-4-14-12(3-1)13(10-20-14)16-18-15(21-19-16)6-5-11-7-8-17-9-11/h1-4,10-11,17H,5-9H2. The summed E-state index contributed by atoms with van der Waals surface area (Å²) in [5, 5.41) is 8.49. The summed E-state index contributed by atoms with van der Waals surface area (Å²) in [6.45, 7) is 2.23. The highest BCUT2D eigenvalue weighted by Gasteiger charge is 2.17. The van der Waals surface area contributed by atoms with Crippen LogP contribution < -0.4 is 5.32 Å². The second-order valence-electron chi connectivity index (χ2n) is 5.55. The second-order valence-corrected chi connectivity index (χ2v) is 5.55. The molecule has 5 heteroatoms. The van der Waals surface area contributed by atoms with Gasteiger partial charge in [-0.2, -0.15) is 4.98 Å². The Bertz CT molecular complexity index is 741. The van der Waals surface area contributed by atoms with Gasteiger partial charge in [0, 0.05) is 11.8 Å². The Labute approximate surface area is 122 Å². The molecule has 0 saturated carbocycles. The first kappa shape index (κ1) is 12.6. The Balaban J connectivity index is 1.53. The van der Waals surface area contributed by atoms with Crippen LogP contribution in [-0.4, -0.2) is 23.2 Å². The van der Waals surface area contributed by atoms with Gasteiger partial charge < -0.3 is 14.3 Å². The Morgan fingerprint density at radius 2 is 2.24 bits per heavy atom. The molecule has 1 atom stereocenters. The van der Waals surface area contributed by atoms with Crippen LogP contribution in [0.4, 0.5) is 0 Å². The largest absolute Gasteiger partial charge is 0.464 e. The van der Waals surface area contributed by atoms with Gasteiger partial charge in [-0.25, -0.2) is 0 Å². The van der Waals surface area contributed by atoms with Gasteiger partial charge >= 0.3 is 0 Å². The third-order valence-corrected chi connectivity index (χ3v) is 4.12. The summed E-state index contributed by atoms with van der Waals surface area (Å²) < 4.78 is 10.9. The predicted octanol–water partition coefficient (Wildman–Crippen LogP) is 3.02. The number of nitrogens with one attached hydrogen (secondary N) is 1. The third-order valence-electron chi connectivity index (χ3n) is 4.12. The van der Waals surface area contributed by atoms with Crippen molar-refractivity contribution in [3.05, 3.63) is 36.4 Å². The van der Waals surface area contributed by atoms with Crippen LogP contribution in [0.5, 0.6) is 0 Å². The molecule has 0 spiro atoms. The molecule has 5 nitrogen and oxygen atoms in total. The van der Waals surface area contributed by atoms with E-state index in [1.165, 1.54) is 6.42 Å². The van der Waals surface area contributed by atoms with Crippen LogP contribution >= 0.6 is 0 Å². The van der Waals surface area contributed by atoms with Crippen molar-refractivity contribution in [2.75, 3.05) is 13.1 Å². The molecule has 2 aromatic heterocycles. The summed E-state index contributed by atoms with van der Waals surface area (Å²) in [6.07, 6.45) is 4.88. The fraction of sp³-hybridized carbons (Fsp3) is 0.375. The number of hydrogen-bond acceptors (Lipinski definition) is 5. The lowest BCUT2D eigenvalue weighted by Gasteiger charge is -2.03. The van der Waals surface area contributed by atoms with E-state index in [0.29, 0.717) is 11.7 Å². The lowest BCUT2D eigenvalue weighted by atomic mass is 10.0. The topological polar surface area (TPSA) is 64.1 Å². The molecule has 108 valence electrons. The first-order chi connectivity index (χ1) is 10.4. The van der Waals surface area contributed by atoms with E-state index in [9.17, 15) is 0 Å². The van der Waals surface area contributed by atoms with Crippen molar-refractivity contribution in [1.82, 2.24) is 15.5 Å². The number of aryl methyl sites for hydroxylation is 1. The maximum atomic E-state index is 5.52. The zero-order valence-corrected chi connectivity index (χ0v) is 11.7. The molecule has 1 aromatic carbocycles. The fourth-order valence-corrected chi connectivity index (χ4v) is 2.91. The Hall–Kier alpha value is -2.14. The van der Waals surface area contributed by atoms with Crippen molar-refractivity contribution in [3.63, 3.8) is 0 Å². The minimum absolute atomic E-state index is 0.611. The zero-order chi connectivity index (χ0) is 14.1. The van der Waals surface area contributed by atoms with Gasteiger partial charge in [0.05, 0.1) is 5.56 Å². The van der Waals surface area contributed by atoms with Gasteiger partial charge in [0.25, 0.3) is 0 Å².